The molecule has 0 aliphatic carbocycles. The topological polar surface area (TPSA) is 74.8 Å². The minimum Gasteiger partial charge on any atom is -0.464 e. The molecule has 0 aliphatic rings. The normalized spacial score (nSPS) is 10.7. The van der Waals surface area contributed by atoms with Gasteiger partial charge in [0.15, 0.2) is 5.69 Å². The Hall–Kier alpha value is -2.18. The molecular formula is C12H17N5O2. The van der Waals surface area contributed by atoms with Crippen molar-refractivity contribution in [3.63, 3.8) is 0 Å². The zero-order chi connectivity index (χ0) is 13.8. The van der Waals surface area contributed by atoms with E-state index in [0.29, 0.717) is 18.7 Å². The maximum atomic E-state index is 11.5. The van der Waals surface area contributed by atoms with Crippen molar-refractivity contribution >= 4 is 5.97 Å². The van der Waals surface area contributed by atoms with Crippen LogP contribution >= 0.6 is 0 Å². The van der Waals surface area contributed by atoms with Crippen molar-refractivity contribution in [3.05, 3.63) is 29.6 Å². The Balaban J connectivity index is 2.15. The van der Waals surface area contributed by atoms with E-state index in [9.17, 15) is 4.79 Å². The first-order valence-corrected chi connectivity index (χ1v) is 6.14. The van der Waals surface area contributed by atoms with E-state index in [1.807, 2.05) is 24.7 Å². The second-order valence-corrected chi connectivity index (χ2v) is 4.16. The van der Waals surface area contributed by atoms with Gasteiger partial charge < -0.3 is 9.30 Å². The third-order valence-corrected chi connectivity index (χ3v) is 3.02. The lowest BCUT2D eigenvalue weighted by atomic mass is 10.2. The minimum absolute atomic E-state index is 0.296. The zero-order valence-corrected chi connectivity index (χ0v) is 11.3. The molecule has 0 saturated heterocycles. The first kappa shape index (κ1) is 13.3. The van der Waals surface area contributed by atoms with Crippen LogP contribution in [0.5, 0.6) is 0 Å². The number of aromatic nitrogens is 5. The van der Waals surface area contributed by atoms with Crippen LogP contribution in [-0.2, 0) is 31.2 Å². The summed E-state index contributed by atoms with van der Waals surface area (Å²) >= 11 is 0. The Morgan fingerprint density at radius 1 is 1.47 bits per heavy atom. The van der Waals surface area contributed by atoms with Crippen molar-refractivity contribution in [2.45, 2.75) is 26.3 Å². The van der Waals surface area contributed by atoms with Gasteiger partial charge in [-0.1, -0.05) is 12.1 Å². The van der Waals surface area contributed by atoms with Crippen LogP contribution in [0.25, 0.3) is 0 Å². The number of methoxy groups -OCH3 is 1. The molecule has 0 aliphatic heterocycles. The average Bonchev–Trinajstić information content (AvgIpc) is 3.01. The molecule has 0 unspecified atom stereocenters. The third-order valence-electron chi connectivity index (χ3n) is 3.02. The molecular weight excluding hydrogens is 246 g/mol. The van der Waals surface area contributed by atoms with Gasteiger partial charge in [0.1, 0.15) is 5.82 Å². The predicted octanol–water partition coefficient (Wildman–Crippen LogP) is 0.603. The smallest absolute Gasteiger partial charge is 0.360 e. The fourth-order valence-electron chi connectivity index (χ4n) is 1.96. The molecule has 2 rings (SSSR count). The van der Waals surface area contributed by atoms with Gasteiger partial charge in [0.25, 0.3) is 0 Å². The van der Waals surface area contributed by atoms with Crippen LogP contribution in [0.15, 0.2) is 12.4 Å². The van der Waals surface area contributed by atoms with Gasteiger partial charge in [-0.25, -0.2) is 14.5 Å². The molecule has 19 heavy (non-hydrogen) atoms. The molecule has 0 amide bonds. The maximum Gasteiger partial charge on any atom is 0.360 e. The summed E-state index contributed by atoms with van der Waals surface area (Å²) in [5.41, 5.74) is 1.09. The molecule has 0 spiro atoms. The van der Waals surface area contributed by atoms with Gasteiger partial charge in [-0.2, -0.15) is 0 Å². The molecule has 7 heteroatoms. The van der Waals surface area contributed by atoms with E-state index in [2.05, 4.69) is 15.3 Å². The number of carbonyl (C=O) groups excluding carboxylic acids is 1. The number of aryl methyl sites for hydroxylation is 3. The summed E-state index contributed by atoms with van der Waals surface area (Å²) in [6.45, 7) is 2.60. The van der Waals surface area contributed by atoms with Crippen LogP contribution in [0.4, 0.5) is 0 Å². The number of esters is 1. The van der Waals surface area contributed by atoms with Gasteiger partial charge in [-0.05, 0) is 6.42 Å². The highest BCUT2D eigenvalue weighted by Gasteiger charge is 2.18. The molecule has 0 radical (unpaired) electrons. The minimum atomic E-state index is -0.444. The molecule has 2 aromatic heterocycles. The van der Waals surface area contributed by atoms with Crippen molar-refractivity contribution in [2.24, 2.45) is 7.05 Å². The van der Waals surface area contributed by atoms with Gasteiger partial charge >= 0.3 is 5.97 Å². The number of rotatable bonds is 5. The van der Waals surface area contributed by atoms with Gasteiger partial charge in [-0.3, -0.25) is 0 Å². The average molecular weight is 263 g/mol. The van der Waals surface area contributed by atoms with Crippen molar-refractivity contribution < 1.29 is 9.53 Å². The molecule has 0 bridgehead atoms. The fourth-order valence-corrected chi connectivity index (χ4v) is 1.96. The van der Waals surface area contributed by atoms with Gasteiger partial charge in [0, 0.05) is 25.9 Å². The summed E-state index contributed by atoms with van der Waals surface area (Å²) in [6, 6.07) is 0. The van der Waals surface area contributed by atoms with Crippen molar-refractivity contribution in [3.8, 4) is 0 Å². The number of carbonyl (C=O) groups is 1. The molecule has 0 fully saturated rings. The molecule has 0 saturated carbocycles. The molecule has 2 heterocycles. The zero-order valence-electron chi connectivity index (χ0n) is 11.3. The summed E-state index contributed by atoms with van der Waals surface area (Å²) in [5.74, 6) is 0.525. The van der Waals surface area contributed by atoms with E-state index in [4.69, 9.17) is 4.74 Å². The first-order valence-electron chi connectivity index (χ1n) is 6.14. The summed E-state index contributed by atoms with van der Waals surface area (Å²) in [5, 5.41) is 7.91. The molecule has 102 valence electrons. The van der Waals surface area contributed by atoms with E-state index < -0.39 is 5.97 Å². The summed E-state index contributed by atoms with van der Waals surface area (Å²) < 4.78 is 8.39. The lowest BCUT2D eigenvalue weighted by Crippen LogP contribution is -2.11. The monoisotopic (exact) mass is 263 g/mol. The number of ether oxygens (including phenoxy) is 1. The maximum absolute atomic E-state index is 11.5. The Kier molecular flexibility index (Phi) is 3.94. The second-order valence-electron chi connectivity index (χ2n) is 4.16. The van der Waals surface area contributed by atoms with Gasteiger partial charge in [0.2, 0.25) is 0 Å². The van der Waals surface area contributed by atoms with Crippen molar-refractivity contribution in [2.75, 3.05) is 7.11 Å². The number of imidazole rings is 1. The van der Waals surface area contributed by atoms with Crippen LogP contribution in [0.3, 0.4) is 0 Å². The predicted molar refractivity (Wildman–Crippen MR) is 67.7 cm³/mol. The van der Waals surface area contributed by atoms with Crippen LogP contribution < -0.4 is 0 Å². The van der Waals surface area contributed by atoms with Crippen molar-refractivity contribution in [1.29, 1.82) is 0 Å². The van der Waals surface area contributed by atoms with Gasteiger partial charge in [-0.15, -0.1) is 5.10 Å². The Morgan fingerprint density at radius 2 is 2.26 bits per heavy atom. The Labute approximate surface area is 111 Å². The number of hydrogen-bond acceptors (Lipinski definition) is 5. The summed E-state index contributed by atoms with van der Waals surface area (Å²) in [6.07, 6.45) is 5.08. The largest absolute Gasteiger partial charge is 0.464 e. The van der Waals surface area contributed by atoms with Crippen LogP contribution in [0, 0.1) is 0 Å². The molecule has 0 N–H and O–H groups in total. The molecule has 2 aromatic rings. The lowest BCUT2D eigenvalue weighted by molar-refractivity contribution is 0.0592. The van der Waals surface area contributed by atoms with Gasteiger partial charge in [0.05, 0.1) is 19.3 Å². The van der Waals surface area contributed by atoms with Crippen LogP contribution in [0.2, 0.25) is 0 Å². The third kappa shape index (κ3) is 2.64. The molecule has 0 aromatic carbocycles. The highest BCUT2D eigenvalue weighted by molar-refractivity contribution is 5.88. The quantitative estimate of drug-likeness (QED) is 0.739. The standard InChI is InChI=1S/C12H17N5O2/c1-4-9-11(12(18)19-3)14-15-17(9)7-5-10-13-6-8-16(10)2/h6,8H,4-5,7H2,1-3H3. The van der Waals surface area contributed by atoms with E-state index in [1.54, 1.807) is 10.9 Å². The molecule has 0 atom stereocenters. The number of nitrogens with zero attached hydrogens (tertiary/aromatic N) is 5. The van der Waals surface area contributed by atoms with E-state index in [1.165, 1.54) is 7.11 Å². The van der Waals surface area contributed by atoms with E-state index in [-0.39, 0.29) is 0 Å². The first-order chi connectivity index (χ1) is 9.17. The summed E-state index contributed by atoms with van der Waals surface area (Å²) in [7, 11) is 3.29. The van der Waals surface area contributed by atoms with Crippen LogP contribution in [0.1, 0.15) is 28.9 Å². The highest BCUT2D eigenvalue weighted by Crippen LogP contribution is 2.09. The number of hydrogen-bond donors (Lipinski definition) is 0. The van der Waals surface area contributed by atoms with E-state index in [0.717, 1.165) is 17.9 Å². The SMILES string of the molecule is CCc1c(C(=O)OC)nnn1CCc1nccn1C. The van der Waals surface area contributed by atoms with Crippen LogP contribution in [-0.4, -0.2) is 37.6 Å². The molecule has 7 nitrogen and oxygen atoms in total. The fraction of sp³-hybridized carbons (Fsp3) is 0.500. The lowest BCUT2D eigenvalue weighted by Gasteiger charge is -2.05. The van der Waals surface area contributed by atoms with E-state index >= 15 is 0 Å². The second kappa shape index (κ2) is 5.64. The summed E-state index contributed by atoms with van der Waals surface area (Å²) in [4.78, 5) is 15.8. The Bertz CT molecular complexity index is 572. The highest BCUT2D eigenvalue weighted by atomic mass is 16.5. The van der Waals surface area contributed by atoms with Crippen molar-refractivity contribution in [1.82, 2.24) is 24.5 Å². The Morgan fingerprint density at radius 3 is 2.84 bits per heavy atom.